The number of nitrogens with two attached hydrogens (primary N) is 1. The second kappa shape index (κ2) is 8.15. The van der Waals surface area contributed by atoms with Crippen LogP contribution in [0.3, 0.4) is 0 Å². The molecular weight excluding hydrogens is 388 g/mol. The molecule has 1 aromatic carbocycles. The van der Waals surface area contributed by atoms with Crippen LogP contribution in [0.5, 0.6) is 5.75 Å². The summed E-state index contributed by atoms with van der Waals surface area (Å²) in [6.07, 6.45) is 4.67. The lowest BCUT2D eigenvalue weighted by Gasteiger charge is -2.26. The number of aromatic nitrogens is 2. The molecule has 1 saturated heterocycles. The van der Waals surface area contributed by atoms with Crippen molar-refractivity contribution in [3.63, 3.8) is 0 Å². The van der Waals surface area contributed by atoms with Crippen molar-refractivity contribution in [2.45, 2.75) is 38.8 Å². The van der Waals surface area contributed by atoms with E-state index in [2.05, 4.69) is 52.0 Å². The van der Waals surface area contributed by atoms with Crippen LogP contribution in [0, 0.1) is 0 Å². The van der Waals surface area contributed by atoms with Crippen LogP contribution < -0.4 is 16.0 Å². The van der Waals surface area contributed by atoms with Crippen LogP contribution >= 0.6 is 0 Å². The predicted molar refractivity (Wildman–Crippen MR) is 128 cm³/mol. The van der Waals surface area contributed by atoms with Gasteiger partial charge in [-0.15, -0.1) is 0 Å². The van der Waals surface area contributed by atoms with Crippen LogP contribution in [0.25, 0.3) is 22.3 Å². The van der Waals surface area contributed by atoms with Crippen LogP contribution in [0.2, 0.25) is 0 Å². The van der Waals surface area contributed by atoms with Gasteiger partial charge < -0.3 is 21.1 Å². The summed E-state index contributed by atoms with van der Waals surface area (Å²) in [6.45, 7) is 8.58. The van der Waals surface area contributed by atoms with E-state index >= 15 is 0 Å². The third kappa shape index (κ3) is 4.61. The van der Waals surface area contributed by atoms with Gasteiger partial charge in [0, 0.05) is 66.2 Å². The first kappa shape index (κ1) is 21.1. The Morgan fingerprint density at radius 2 is 2.06 bits per heavy atom. The summed E-state index contributed by atoms with van der Waals surface area (Å²) in [5.41, 5.74) is 10.3. The number of nitrogen functional groups attached to an aromatic ring is 1. The third-order valence-electron chi connectivity index (χ3n) is 5.46. The molecule has 0 aliphatic carbocycles. The largest absolute Gasteiger partial charge is 0.507 e. The van der Waals surface area contributed by atoms with Crippen molar-refractivity contribution in [1.29, 1.82) is 0 Å². The van der Waals surface area contributed by atoms with Gasteiger partial charge in [-0.3, -0.25) is 4.99 Å². The Kier molecular flexibility index (Phi) is 5.54. The zero-order valence-corrected chi connectivity index (χ0v) is 18.6. The molecule has 7 nitrogen and oxygen atoms in total. The lowest BCUT2D eigenvalue weighted by molar-refractivity contribution is 0.373. The molecule has 0 amide bonds. The van der Waals surface area contributed by atoms with Crippen molar-refractivity contribution in [3.05, 3.63) is 42.1 Å². The van der Waals surface area contributed by atoms with Crippen molar-refractivity contribution < 1.29 is 5.11 Å². The van der Waals surface area contributed by atoms with Gasteiger partial charge in [0.15, 0.2) is 5.65 Å². The van der Waals surface area contributed by atoms with Gasteiger partial charge in [-0.25, -0.2) is 9.97 Å². The first-order valence-corrected chi connectivity index (χ1v) is 10.6. The third-order valence-corrected chi connectivity index (χ3v) is 5.46. The van der Waals surface area contributed by atoms with Crippen molar-refractivity contribution in [2.75, 3.05) is 30.8 Å². The highest BCUT2D eigenvalue weighted by Crippen LogP contribution is 2.33. The number of phenolic OH excluding ortho intramolecular Hbond substituents is 1. The maximum absolute atomic E-state index is 10.4. The van der Waals surface area contributed by atoms with Gasteiger partial charge >= 0.3 is 0 Å². The van der Waals surface area contributed by atoms with E-state index in [1.165, 1.54) is 6.07 Å². The topological polar surface area (TPSA) is 99.7 Å². The molecule has 3 aromatic rings. The van der Waals surface area contributed by atoms with Gasteiger partial charge in [-0.1, -0.05) is 0 Å². The number of fused-ring (bicyclic) bond motifs is 1. The zero-order valence-electron chi connectivity index (χ0n) is 18.6. The number of phenols is 1. The molecular formula is C24H30N6O. The zero-order chi connectivity index (χ0) is 22.2. The summed E-state index contributed by atoms with van der Waals surface area (Å²) < 4.78 is 0. The smallest absolute Gasteiger partial charge is 0.159 e. The van der Waals surface area contributed by atoms with E-state index < -0.39 is 0 Å². The van der Waals surface area contributed by atoms with Crippen molar-refractivity contribution >= 4 is 28.6 Å². The molecule has 1 unspecified atom stereocenters. The number of nitrogens with zero attached hydrogens (tertiary/aromatic N) is 4. The Labute approximate surface area is 183 Å². The molecule has 0 bridgehead atoms. The molecule has 1 aliphatic heterocycles. The van der Waals surface area contributed by atoms with Gasteiger partial charge in [0.2, 0.25) is 0 Å². The van der Waals surface area contributed by atoms with E-state index in [4.69, 9.17) is 5.73 Å². The Bertz CT molecular complexity index is 1130. The Morgan fingerprint density at radius 1 is 1.26 bits per heavy atom. The van der Waals surface area contributed by atoms with Crippen molar-refractivity contribution in [1.82, 2.24) is 15.3 Å². The number of rotatable bonds is 4. The monoisotopic (exact) mass is 418 g/mol. The Morgan fingerprint density at radius 3 is 2.81 bits per heavy atom. The van der Waals surface area contributed by atoms with E-state index in [1.807, 2.05) is 18.3 Å². The van der Waals surface area contributed by atoms with Crippen LogP contribution in [0.15, 0.2) is 41.5 Å². The highest BCUT2D eigenvalue weighted by Gasteiger charge is 2.26. The fourth-order valence-corrected chi connectivity index (χ4v) is 4.12. The summed E-state index contributed by atoms with van der Waals surface area (Å²) in [6, 6.07) is 9.84. The average Bonchev–Trinajstić information content (AvgIpc) is 3.16. The van der Waals surface area contributed by atoms with Crippen molar-refractivity contribution in [2.24, 2.45) is 4.99 Å². The molecule has 0 radical (unpaired) electrons. The lowest BCUT2D eigenvalue weighted by Crippen LogP contribution is -2.44. The second-order valence-corrected chi connectivity index (χ2v) is 9.15. The Balaban J connectivity index is 1.61. The van der Waals surface area contributed by atoms with Crippen LogP contribution in [-0.4, -0.2) is 53.0 Å². The van der Waals surface area contributed by atoms with E-state index in [0.29, 0.717) is 28.6 Å². The molecule has 0 spiro atoms. The molecule has 0 saturated carbocycles. The number of aromatic hydroxyl groups is 1. The predicted octanol–water partition coefficient (Wildman–Crippen LogP) is 3.60. The van der Waals surface area contributed by atoms with Gasteiger partial charge in [0.05, 0.1) is 17.6 Å². The highest BCUT2D eigenvalue weighted by molar-refractivity contribution is 5.91. The normalized spacial score (nSPS) is 17.2. The summed E-state index contributed by atoms with van der Waals surface area (Å²) in [5.74, 6) is 0.0867. The van der Waals surface area contributed by atoms with Gasteiger partial charge in [0.25, 0.3) is 0 Å². The Hall–Kier alpha value is -3.19. The fraction of sp³-hybridized carbons (Fsp3) is 0.375. The molecule has 4 rings (SSSR count). The first-order chi connectivity index (χ1) is 14.7. The number of aliphatic imine (C=N–C) groups is 1. The van der Waals surface area contributed by atoms with Crippen LogP contribution in [0.1, 0.15) is 32.8 Å². The van der Waals surface area contributed by atoms with Crippen LogP contribution in [-0.2, 0) is 0 Å². The van der Waals surface area contributed by atoms with E-state index in [9.17, 15) is 5.11 Å². The highest BCUT2D eigenvalue weighted by atomic mass is 16.3. The molecule has 31 heavy (non-hydrogen) atoms. The minimum Gasteiger partial charge on any atom is -0.507 e. The number of pyridine rings is 2. The number of anilines is 2. The minimum atomic E-state index is 0.0867. The fourth-order valence-electron chi connectivity index (χ4n) is 4.12. The molecule has 7 heteroatoms. The van der Waals surface area contributed by atoms with Gasteiger partial charge in [-0.05, 0) is 51.5 Å². The molecule has 2 aromatic heterocycles. The van der Waals surface area contributed by atoms with E-state index in [0.717, 1.165) is 36.1 Å². The van der Waals surface area contributed by atoms with E-state index in [1.54, 1.807) is 19.3 Å². The first-order valence-electron chi connectivity index (χ1n) is 10.6. The molecule has 1 atom stereocenters. The van der Waals surface area contributed by atoms with Crippen LogP contribution in [0.4, 0.5) is 11.4 Å². The number of hydrogen-bond acceptors (Lipinski definition) is 7. The number of nitrogens with one attached hydrogen (secondary N) is 1. The van der Waals surface area contributed by atoms with Gasteiger partial charge in [-0.2, -0.15) is 0 Å². The maximum Gasteiger partial charge on any atom is 0.159 e. The molecule has 3 heterocycles. The van der Waals surface area contributed by atoms with E-state index in [-0.39, 0.29) is 11.3 Å². The van der Waals surface area contributed by atoms with Gasteiger partial charge in [0.1, 0.15) is 5.75 Å². The minimum absolute atomic E-state index is 0.0867. The second-order valence-electron chi connectivity index (χ2n) is 9.15. The number of benzene rings is 1. The summed E-state index contributed by atoms with van der Waals surface area (Å²) in [4.78, 5) is 15.7. The molecule has 1 aliphatic rings. The standard InChI is InChI=1S/C24H30N6O/c1-24(2,3)29-17-7-8-30(14-17)18-9-15-5-6-21(28-23(15)27-13-18)19-10-16(12-26-4)20(25)11-22(19)31/h5-6,9-13,17,29,31H,7-8,14,25H2,1-4H3. The number of hydrogen-bond donors (Lipinski definition) is 3. The molecule has 1 fully saturated rings. The summed E-state index contributed by atoms with van der Waals surface area (Å²) in [5, 5.41) is 15.1. The maximum atomic E-state index is 10.4. The molecule has 4 N–H and O–H groups in total. The summed E-state index contributed by atoms with van der Waals surface area (Å²) in [7, 11) is 1.68. The summed E-state index contributed by atoms with van der Waals surface area (Å²) >= 11 is 0. The SMILES string of the molecule is CN=Cc1cc(-c2ccc3cc(N4CCC(NC(C)(C)C)C4)cnc3n2)c(O)cc1N. The molecule has 162 valence electrons. The lowest BCUT2D eigenvalue weighted by atomic mass is 10.0. The van der Waals surface area contributed by atoms with Crippen molar-refractivity contribution in [3.8, 4) is 17.0 Å². The quantitative estimate of drug-likeness (QED) is 0.442. The average molecular weight is 419 g/mol.